The summed E-state index contributed by atoms with van der Waals surface area (Å²) < 4.78 is 5.54. The lowest BCUT2D eigenvalue weighted by Crippen LogP contribution is -2.36. The molecule has 1 aliphatic heterocycles. The van der Waals surface area contributed by atoms with E-state index in [1.165, 1.54) is 32.4 Å². The zero-order chi connectivity index (χ0) is 12.5. The summed E-state index contributed by atoms with van der Waals surface area (Å²) in [5, 5.41) is 0. The standard InChI is InChI=1S/C14H26N2O/c1-3-5-14(15)12-17-11-10-16-8-6-13(4-2)7-9-16/h1,13-14H,4-12,15H2,2H3. The van der Waals surface area contributed by atoms with Crippen molar-refractivity contribution < 1.29 is 4.74 Å². The third kappa shape index (κ3) is 6.07. The topological polar surface area (TPSA) is 38.5 Å². The molecule has 0 aromatic carbocycles. The molecule has 98 valence electrons. The first-order valence-electron chi connectivity index (χ1n) is 6.75. The Hall–Kier alpha value is -0.560. The van der Waals surface area contributed by atoms with E-state index in [9.17, 15) is 0 Å². The van der Waals surface area contributed by atoms with Crippen LogP contribution in [0.5, 0.6) is 0 Å². The minimum atomic E-state index is -0.00849. The van der Waals surface area contributed by atoms with E-state index in [1.54, 1.807) is 0 Å². The summed E-state index contributed by atoms with van der Waals surface area (Å²) in [4.78, 5) is 2.48. The Morgan fingerprint density at radius 2 is 2.18 bits per heavy atom. The van der Waals surface area contributed by atoms with Crippen LogP contribution >= 0.6 is 0 Å². The maximum absolute atomic E-state index is 5.76. The number of likely N-dealkylation sites (tertiary alicyclic amines) is 1. The van der Waals surface area contributed by atoms with Gasteiger partial charge in [0.1, 0.15) is 0 Å². The van der Waals surface area contributed by atoms with Gasteiger partial charge in [-0.2, -0.15) is 0 Å². The normalized spacial score (nSPS) is 20.1. The summed E-state index contributed by atoms with van der Waals surface area (Å²) in [6.45, 7) is 7.11. The summed E-state index contributed by atoms with van der Waals surface area (Å²) in [6.07, 6.45) is 9.79. The molecule has 0 aliphatic carbocycles. The number of nitrogens with zero attached hydrogens (tertiary/aromatic N) is 1. The van der Waals surface area contributed by atoms with Crippen LogP contribution < -0.4 is 5.73 Å². The second-order valence-electron chi connectivity index (χ2n) is 4.94. The number of terminal acetylenes is 1. The summed E-state index contributed by atoms with van der Waals surface area (Å²) in [7, 11) is 0. The fraction of sp³-hybridized carbons (Fsp3) is 0.857. The van der Waals surface area contributed by atoms with Crippen LogP contribution in [0.1, 0.15) is 32.6 Å². The lowest BCUT2D eigenvalue weighted by molar-refractivity contribution is 0.0810. The number of ether oxygens (including phenoxy) is 1. The Balaban J connectivity index is 1.99. The number of hydrogen-bond acceptors (Lipinski definition) is 3. The van der Waals surface area contributed by atoms with Crippen LogP contribution in [-0.4, -0.2) is 43.8 Å². The average Bonchev–Trinajstić information content (AvgIpc) is 2.36. The number of hydrogen-bond donors (Lipinski definition) is 1. The van der Waals surface area contributed by atoms with Crippen molar-refractivity contribution in [1.29, 1.82) is 0 Å². The summed E-state index contributed by atoms with van der Waals surface area (Å²) in [5.74, 6) is 3.49. The van der Waals surface area contributed by atoms with E-state index in [4.69, 9.17) is 16.9 Å². The Morgan fingerprint density at radius 1 is 1.47 bits per heavy atom. The highest BCUT2D eigenvalue weighted by atomic mass is 16.5. The van der Waals surface area contributed by atoms with Gasteiger partial charge < -0.3 is 15.4 Å². The molecule has 0 amide bonds. The van der Waals surface area contributed by atoms with Crippen LogP contribution in [0, 0.1) is 18.3 Å². The lowest BCUT2D eigenvalue weighted by Gasteiger charge is -2.31. The molecule has 0 saturated carbocycles. The first kappa shape index (κ1) is 14.5. The van der Waals surface area contributed by atoms with Crippen LogP contribution in [0.3, 0.4) is 0 Å². The van der Waals surface area contributed by atoms with Crippen LogP contribution in [-0.2, 0) is 4.74 Å². The summed E-state index contributed by atoms with van der Waals surface area (Å²) in [5.41, 5.74) is 5.76. The van der Waals surface area contributed by atoms with Crippen molar-refractivity contribution >= 4 is 0 Å². The molecule has 0 aromatic heterocycles. The SMILES string of the molecule is C#CCC(N)COCCN1CCC(CC)CC1. The monoisotopic (exact) mass is 238 g/mol. The quantitative estimate of drug-likeness (QED) is 0.539. The van der Waals surface area contributed by atoms with Crippen LogP contribution in [0.25, 0.3) is 0 Å². The van der Waals surface area contributed by atoms with E-state index in [-0.39, 0.29) is 6.04 Å². The van der Waals surface area contributed by atoms with Crippen molar-refractivity contribution in [3.05, 3.63) is 0 Å². The summed E-state index contributed by atoms with van der Waals surface area (Å²) in [6, 6.07) is -0.00849. The maximum atomic E-state index is 5.76. The lowest BCUT2D eigenvalue weighted by atomic mass is 9.94. The Bertz CT molecular complexity index is 229. The minimum Gasteiger partial charge on any atom is -0.378 e. The second kappa shape index (κ2) is 8.52. The minimum absolute atomic E-state index is 0.00849. The van der Waals surface area contributed by atoms with Crippen molar-refractivity contribution in [2.24, 2.45) is 11.7 Å². The third-order valence-corrected chi connectivity index (χ3v) is 3.55. The zero-order valence-corrected chi connectivity index (χ0v) is 11.0. The van der Waals surface area contributed by atoms with Crippen molar-refractivity contribution in [2.45, 2.75) is 38.6 Å². The average molecular weight is 238 g/mol. The molecule has 0 bridgehead atoms. The first-order valence-corrected chi connectivity index (χ1v) is 6.75. The number of nitrogens with two attached hydrogens (primary N) is 1. The fourth-order valence-corrected chi connectivity index (χ4v) is 2.26. The van der Waals surface area contributed by atoms with E-state index < -0.39 is 0 Å². The smallest absolute Gasteiger partial charge is 0.0627 e. The largest absolute Gasteiger partial charge is 0.378 e. The maximum Gasteiger partial charge on any atom is 0.0627 e. The highest BCUT2D eigenvalue weighted by Crippen LogP contribution is 2.19. The van der Waals surface area contributed by atoms with E-state index in [0.717, 1.165) is 19.1 Å². The Labute approximate surface area is 106 Å². The van der Waals surface area contributed by atoms with Gasteiger partial charge in [-0.15, -0.1) is 12.3 Å². The molecule has 3 heteroatoms. The summed E-state index contributed by atoms with van der Waals surface area (Å²) >= 11 is 0. The van der Waals surface area contributed by atoms with Gasteiger partial charge in [-0.25, -0.2) is 0 Å². The zero-order valence-electron chi connectivity index (χ0n) is 11.0. The molecule has 0 radical (unpaired) electrons. The molecule has 1 heterocycles. The molecule has 0 spiro atoms. The van der Waals surface area contributed by atoms with E-state index >= 15 is 0 Å². The molecule has 2 N–H and O–H groups in total. The van der Waals surface area contributed by atoms with Gasteiger partial charge in [-0.3, -0.25) is 0 Å². The molecule has 1 atom stereocenters. The Kier molecular flexibility index (Phi) is 7.27. The molecule has 1 aliphatic rings. The van der Waals surface area contributed by atoms with Gasteiger partial charge in [-0.05, 0) is 31.8 Å². The number of piperidine rings is 1. The Morgan fingerprint density at radius 3 is 2.76 bits per heavy atom. The highest BCUT2D eigenvalue weighted by Gasteiger charge is 2.17. The molecular formula is C14H26N2O. The van der Waals surface area contributed by atoms with Crippen LogP contribution in [0.4, 0.5) is 0 Å². The van der Waals surface area contributed by atoms with Gasteiger partial charge in [-0.1, -0.05) is 13.3 Å². The highest BCUT2D eigenvalue weighted by molar-refractivity contribution is 4.88. The molecule has 1 saturated heterocycles. The predicted molar refractivity (Wildman–Crippen MR) is 71.7 cm³/mol. The van der Waals surface area contributed by atoms with Gasteiger partial charge in [0.2, 0.25) is 0 Å². The number of rotatable bonds is 7. The van der Waals surface area contributed by atoms with Crippen molar-refractivity contribution in [3.63, 3.8) is 0 Å². The molecule has 1 rings (SSSR count). The van der Waals surface area contributed by atoms with Gasteiger partial charge in [0, 0.05) is 19.0 Å². The molecule has 3 nitrogen and oxygen atoms in total. The van der Waals surface area contributed by atoms with Crippen LogP contribution in [0.2, 0.25) is 0 Å². The van der Waals surface area contributed by atoms with Crippen LogP contribution in [0.15, 0.2) is 0 Å². The molecule has 0 aromatic rings. The second-order valence-corrected chi connectivity index (χ2v) is 4.94. The third-order valence-electron chi connectivity index (χ3n) is 3.55. The van der Waals surface area contributed by atoms with E-state index in [0.29, 0.717) is 13.0 Å². The van der Waals surface area contributed by atoms with E-state index in [2.05, 4.69) is 17.7 Å². The van der Waals surface area contributed by atoms with Gasteiger partial charge >= 0.3 is 0 Å². The van der Waals surface area contributed by atoms with E-state index in [1.807, 2.05) is 0 Å². The van der Waals surface area contributed by atoms with Crippen molar-refractivity contribution in [3.8, 4) is 12.3 Å². The molecule has 1 unspecified atom stereocenters. The van der Waals surface area contributed by atoms with Crippen molar-refractivity contribution in [2.75, 3.05) is 32.8 Å². The van der Waals surface area contributed by atoms with Gasteiger partial charge in [0.05, 0.1) is 13.2 Å². The fourth-order valence-electron chi connectivity index (χ4n) is 2.26. The molecule has 17 heavy (non-hydrogen) atoms. The molecular weight excluding hydrogens is 212 g/mol. The van der Waals surface area contributed by atoms with Crippen molar-refractivity contribution in [1.82, 2.24) is 4.90 Å². The predicted octanol–water partition coefficient (Wildman–Crippen LogP) is 1.48. The molecule has 1 fully saturated rings. The first-order chi connectivity index (χ1) is 8.26. The van der Waals surface area contributed by atoms with Gasteiger partial charge in [0.15, 0.2) is 0 Å². The van der Waals surface area contributed by atoms with Gasteiger partial charge in [0.25, 0.3) is 0 Å².